The van der Waals surface area contributed by atoms with Gasteiger partial charge in [-0.15, -0.1) is 17.9 Å². The molecule has 0 saturated heterocycles. The summed E-state index contributed by atoms with van der Waals surface area (Å²) in [5.41, 5.74) is 2.17. The number of allylic oxidation sites excluding steroid dienone is 1. The second-order valence-corrected chi connectivity index (χ2v) is 9.86. The molecule has 1 atom stereocenters. The fraction of sp³-hybridized carbons (Fsp3) is 0.154. The van der Waals surface area contributed by atoms with Gasteiger partial charge in [-0.2, -0.15) is 0 Å². The second kappa shape index (κ2) is 9.09. The predicted octanol–water partition coefficient (Wildman–Crippen LogP) is 2.93. The van der Waals surface area contributed by atoms with Gasteiger partial charge in [-0.3, -0.25) is 14.2 Å². The summed E-state index contributed by atoms with van der Waals surface area (Å²) in [5, 5.41) is 1.89. The lowest BCUT2D eigenvalue weighted by Crippen LogP contribution is -2.40. The number of thiazole rings is 1. The summed E-state index contributed by atoms with van der Waals surface area (Å²) in [7, 11) is 0. The molecule has 3 aromatic rings. The molecule has 1 unspecified atom stereocenters. The average molecular weight is 504 g/mol. The first-order valence-corrected chi connectivity index (χ1v) is 12.6. The Labute approximate surface area is 208 Å². The van der Waals surface area contributed by atoms with E-state index in [1.807, 2.05) is 41.8 Å². The number of nitrogens with zero attached hydrogens (tertiary/aromatic N) is 3. The number of ether oxygens (including phenoxy) is 1. The number of para-hydroxylation sites is 1. The summed E-state index contributed by atoms with van der Waals surface area (Å²) in [6, 6.07) is 10.4. The molecule has 7 nitrogen and oxygen atoms in total. The molecule has 2 aliphatic heterocycles. The summed E-state index contributed by atoms with van der Waals surface area (Å²) < 4.78 is 7.13. The number of aromatic nitrogens is 1. The Bertz CT molecular complexity index is 1590. The fourth-order valence-corrected chi connectivity index (χ4v) is 6.33. The van der Waals surface area contributed by atoms with Crippen LogP contribution in [0.15, 0.2) is 88.1 Å². The van der Waals surface area contributed by atoms with E-state index >= 15 is 0 Å². The maximum absolute atomic E-state index is 13.9. The van der Waals surface area contributed by atoms with E-state index < -0.39 is 12.0 Å². The number of fused-ring (bicyclic) bond motifs is 2. The van der Waals surface area contributed by atoms with Crippen LogP contribution in [0.4, 0.5) is 5.69 Å². The highest BCUT2D eigenvalue weighted by Gasteiger charge is 2.37. The van der Waals surface area contributed by atoms with Gasteiger partial charge in [-0.1, -0.05) is 54.3 Å². The summed E-state index contributed by atoms with van der Waals surface area (Å²) in [6.07, 6.45) is 3.14. The number of amides is 1. The van der Waals surface area contributed by atoms with E-state index in [-0.39, 0.29) is 18.1 Å². The number of hydrogen-bond donors (Lipinski definition) is 0. The number of hydrogen-bond acceptors (Lipinski definition) is 7. The van der Waals surface area contributed by atoms with E-state index in [2.05, 4.69) is 18.2 Å². The van der Waals surface area contributed by atoms with Gasteiger partial charge < -0.3 is 9.64 Å². The molecule has 9 heteroatoms. The van der Waals surface area contributed by atoms with Crippen molar-refractivity contribution in [1.82, 2.24) is 4.57 Å². The Morgan fingerprint density at radius 2 is 1.97 bits per heavy atom. The molecule has 4 heterocycles. The van der Waals surface area contributed by atoms with E-state index in [0.29, 0.717) is 38.3 Å². The lowest BCUT2D eigenvalue weighted by molar-refractivity contribution is -0.138. The van der Waals surface area contributed by atoms with Crippen LogP contribution in [-0.2, 0) is 14.3 Å². The third-order valence-corrected chi connectivity index (χ3v) is 7.80. The zero-order valence-electron chi connectivity index (χ0n) is 18.9. The van der Waals surface area contributed by atoms with Crippen molar-refractivity contribution in [1.29, 1.82) is 0 Å². The normalized spacial score (nSPS) is 18.1. The minimum atomic E-state index is -0.700. The molecular weight excluding hydrogens is 482 g/mol. The molecule has 35 heavy (non-hydrogen) atoms. The zero-order valence-corrected chi connectivity index (χ0v) is 20.5. The number of rotatable bonds is 6. The van der Waals surface area contributed by atoms with Crippen molar-refractivity contribution in [2.24, 2.45) is 4.99 Å². The Morgan fingerprint density at radius 1 is 1.17 bits per heavy atom. The Balaban J connectivity index is 1.78. The highest BCUT2D eigenvalue weighted by Crippen LogP contribution is 2.36. The molecule has 0 spiro atoms. The maximum atomic E-state index is 13.9. The van der Waals surface area contributed by atoms with Crippen LogP contribution in [0.2, 0.25) is 0 Å². The third-order valence-electron chi connectivity index (χ3n) is 5.82. The first kappa shape index (κ1) is 22.9. The summed E-state index contributed by atoms with van der Waals surface area (Å²) in [6.45, 7) is 9.46. The highest BCUT2D eigenvalue weighted by atomic mass is 32.1. The fourth-order valence-electron chi connectivity index (χ4n) is 4.37. The van der Waals surface area contributed by atoms with Gasteiger partial charge in [0.15, 0.2) is 4.80 Å². The molecule has 0 bridgehead atoms. The van der Waals surface area contributed by atoms with Gasteiger partial charge in [0.25, 0.3) is 11.5 Å². The van der Waals surface area contributed by atoms with Crippen molar-refractivity contribution < 1.29 is 14.3 Å². The van der Waals surface area contributed by atoms with Crippen molar-refractivity contribution in [2.75, 3.05) is 18.1 Å². The molecule has 5 rings (SSSR count). The van der Waals surface area contributed by atoms with Gasteiger partial charge >= 0.3 is 5.97 Å². The van der Waals surface area contributed by atoms with Gasteiger partial charge in [0.05, 0.1) is 22.5 Å². The molecule has 0 aliphatic carbocycles. The van der Waals surface area contributed by atoms with E-state index in [1.165, 1.54) is 22.0 Å². The van der Waals surface area contributed by atoms with Crippen molar-refractivity contribution in [3.63, 3.8) is 0 Å². The van der Waals surface area contributed by atoms with E-state index in [1.54, 1.807) is 17.9 Å². The predicted molar refractivity (Wildman–Crippen MR) is 137 cm³/mol. The van der Waals surface area contributed by atoms with Crippen molar-refractivity contribution in [2.45, 2.75) is 13.0 Å². The first-order valence-electron chi connectivity index (χ1n) is 10.9. The monoisotopic (exact) mass is 503 g/mol. The summed E-state index contributed by atoms with van der Waals surface area (Å²) in [4.78, 5) is 47.8. The van der Waals surface area contributed by atoms with Crippen LogP contribution >= 0.6 is 22.7 Å². The summed E-state index contributed by atoms with van der Waals surface area (Å²) >= 11 is 2.59. The van der Waals surface area contributed by atoms with Gasteiger partial charge in [-0.25, -0.2) is 9.79 Å². The van der Waals surface area contributed by atoms with E-state index in [9.17, 15) is 14.4 Å². The van der Waals surface area contributed by atoms with Crippen LogP contribution in [0.3, 0.4) is 0 Å². The molecule has 0 radical (unpaired) electrons. The molecule has 176 valence electrons. The van der Waals surface area contributed by atoms with Crippen LogP contribution in [-0.4, -0.2) is 29.6 Å². The molecule has 0 saturated carbocycles. The minimum absolute atomic E-state index is 0.0474. The van der Waals surface area contributed by atoms with E-state index in [0.717, 1.165) is 21.9 Å². The number of carbonyl (C=O) groups excluding carboxylic acids is 2. The Morgan fingerprint density at radius 3 is 2.69 bits per heavy atom. The van der Waals surface area contributed by atoms with Gasteiger partial charge in [0.2, 0.25) is 0 Å². The standard InChI is InChI=1S/C26H21N3O4S2/c1-4-12-28-17-10-7-6-9-16(17)20(23(28)30)22-24(31)29-21(18-11-8-14-34-18)19(25(32)33-13-5-2)15(3)27-26(29)35-22/h4-11,14,21H,1-2,12-13H2,3H3/b22-20-. The average Bonchev–Trinajstić information content (AvgIpc) is 3.55. The van der Waals surface area contributed by atoms with Gasteiger partial charge in [0.1, 0.15) is 17.2 Å². The minimum Gasteiger partial charge on any atom is -0.458 e. The van der Waals surface area contributed by atoms with Crippen molar-refractivity contribution in [3.8, 4) is 0 Å². The number of anilines is 1. The van der Waals surface area contributed by atoms with E-state index in [4.69, 9.17) is 4.74 Å². The van der Waals surface area contributed by atoms with Crippen molar-refractivity contribution >= 4 is 45.8 Å². The Kier molecular flexibility index (Phi) is 5.96. The third kappa shape index (κ3) is 3.64. The smallest absolute Gasteiger partial charge is 0.338 e. The lowest BCUT2D eigenvalue weighted by atomic mass is 10.0. The Hall–Kier alpha value is -3.82. The van der Waals surface area contributed by atoms with Gasteiger partial charge in [-0.05, 0) is 24.4 Å². The number of esters is 1. The highest BCUT2D eigenvalue weighted by molar-refractivity contribution is 7.10. The molecule has 1 amide bonds. The maximum Gasteiger partial charge on any atom is 0.338 e. The summed E-state index contributed by atoms with van der Waals surface area (Å²) in [5.74, 6) is -0.813. The second-order valence-electron chi connectivity index (χ2n) is 7.90. The van der Waals surface area contributed by atoms with Crippen LogP contribution in [0.5, 0.6) is 0 Å². The van der Waals surface area contributed by atoms with Crippen molar-refractivity contribution in [3.05, 3.63) is 108 Å². The molecule has 0 fully saturated rings. The largest absolute Gasteiger partial charge is 0.458 e. The van der Waals surface area contributed by atoms with Crippen LogP contribution in [0.1, 0.15) is 23.4 Å². The topological polar surface area (TPSA) is 81.0 Å². The van der Waals surface area contributed by atoms with Gasteiger partial charge in [0, 0.05) is 17.0 Å². The first-order chi connectivity index (χ1) is 17.0. The molecular formula is C26H21N3O4S2. The SMILES string of the molecule is C=CCOC(=O)C1=C(C)N=c2s/c(=C3\C(=O)N(CC=C)c4ccccc43)c(=O)n2C1c1cccs1. The molecule has 2 aromatic heterocycles. The molecule has 2 aliphatic rings. The number of benzene rings is 1. The number of thiophene rings is 1. The van der Waals surface area contributed by atoms with Crippen LogP contribution < -0.4 is 19.8 Å². The number of carbonyl (C=O) groups is 2. The molecule has 0 N–H and O–H groups in total. The lowest BCUT2D eigenvalue weighted by Gasteiger charge is -2.23. The zero-order chi connectivity index (χ0) is 24.7. The van der Waals surface area contributed by atoms with Crippen LogP contribution in [0, 0.1) is 0 Å². The quantitative estimate of drug-likeness (QED) is 0.383. The molecule has 1 aromatic carbocycles. The van der Waals surface area contributed by atoms with Crippen LogP contribution in [0.25, 0.3) is 5.57 Å².